The van der Waals surface area contributed by atoms with Crippen LogP contribution in [0.5, 0.6) is 11.5 Å². The first-order valence-electron chi connectivity index (χ1n) is 11.3. The molecule has 1 aromatic carbocycles. The van der Waals surface area contributed by atoms with Crippen LogP contribution < -0.4 is 4.74 Å². The van der Waals surface area contributed by atoms with Gasteiger partial charge >= 0.3 is 0 Å². The first kappa shape index (κ1) is 21.0. The number of phenolic OH excluding ortho intramolecular Hbond substituents is 1. The first-order chi connectivity index (χ1) is 13.6. The Kier molecular flexibility index (Phi) is 5.16. The van der Waals surface area contributed by atoms with Gasteiger partial charge in [0.1, 0.15) is 6.61 Å². The van der Waals surface area contributed by atoms with Gasteiger partial charge in [-0.25, -0.2) is 0 Å². The van der Waals surface area contributed by atoms with Gasteiger partial charge in [0.25, 0.3) is 0 Å². The Morgan fingerprint density at radius 1 is 1.34 bits per heavy atom. The molecule has 2 aliphatic heterocycles. The number of rotatable bonds is 7. The minimum atomic E-state index is -0.983. The Labute approximate surface area is 174 Å². The van der Waals surface area contributed by atoms with Crippen molar-refractivity contribution in [3.8, 4) is 11.5 Å². The van der Waals surface area contributed by atoms with Crippen LogP contribution in [0.25, 0.3) is 0 Å². The molecule has 2 bridgehead atoms. The van der Waals surface area contributed by atoms with Gasteiger partial charge in [-0.1, -0.05) is 26.3 Å². The lowest BCUT2D eigenvalue weighted by Gasteiger charge is -2.60. The van der Waals surface area contributed by atoms with E-state index in [-0.39, 0.29) is 11.8 Å². The van der Waals surface area contributed by atoms with Crippen LogP contribution in [0.15, 0.2) is 12.1 Å². The Morgan fingerprint density at radius 3 is 2.79 bits per heavy atom. The van der Waals surface area contributed by atoms with Crippen molar-refractivity contribution in [2.75, 3.05) is 19.7 Å². The van der Waals surface area contributed by atoms with Crippen molar-refractivity contribution in [3.05, 3.63) is 23.3 Å². The van der Waals surface area contributed by atoms with Crippen LogP contribution in [0, 0.1) is 5.92 Å². The average molecular weight is 404 g/mol. The zero-order chi connectivity index (χ0) is 21.0. The summed E-state index contributed by atoms with van der Waals surface area (Å²) in [6, 6.07) is 3.75. The third kappa shape index (κ3) is 3.26. The van der Waals surface area contributed by atoms with E-state index in [2.05, 4.69) is 18.7 Å². The van der Waals surface area contributed by atoms with Gasteiger partial charge in [-0.15, -0.1) is 0 Å². The molecule has 3 aliphatic rings. The number of nitrogens with zero attached hydrogens (tertiary/aromatic N) is 1. The number of aliphatic hydroxyl groups is 2. The normalized spacial score (nSPS) is 32.0. The van der Waals surface area contributed by atoms with E-state index in [1.165, 1.54) is 18.4 Å². The summed E-state index contributed by atoms with van der Waals surface area (Å²) < 4.78 is 6.02. The third-order valence-corrected chi connectivity index (χ3v) is 7.67. The van der Waals surface area contributed by atoms with Crippen molar-refractivity contribution in [3.63, 3.8) is 0 Å². The fourth-order valence-electron chi connectivity index (χ4n) is 6.20. The number of piperidine rings is 1. The minimum absolute atomic E-state index is 0.00417. The molecule has 0 aromatic heterocycles. The smallest absolute Gasteiger partial charge is 0.165 e. The summed E-state index contributed by atoms with van der Waals surface area (Å²) in [4.78, 5) is 2.49. The summed E-state index contributed by atoms with van der Waals surface area (Å²) in [5.41, 5.74) is -0.102. The number of phenols is 1. The fourth-order valence-corrected chi connectivity index (χ4v) is 6.20. The Balaban J connectivity index is 1.76. The molecule has 3 N–H and O–H groups in total. The van der Waals surface area contributed by atoms with E-state index in [0.29, 0.717) is 31.1 Å². The number of fused-ring (bicyclic) bond motifs is 1. The quantitative estimate of drug-likeness (QED) is 0.651. The molecule has 29 heavy (non-hydrogen) atoms. The molecule has 0 amide bonds. The minimum Gasteiger partial charge on any atom is -0.504 e. The highest BCUT2D eigenvalue weighted by molar-refractivity contribution is 5.60. The van der Waals surface area contributed by atoms with Crippen LogP contribution >= 0.6 is 0 Å². The van der Waals surface area contributed by atoms with Crippen molar-refractivity contribution < 1.29 is 20.1 Å². The van der Waals surface area contributed by atoms with Crippen LogP contribution in [-0.4, -0.2) is 57.2 Å². The average Bonchev–Trinajstić information content (AvgIpc) is 3.03. The summed E-state index contributed by atoms with van der Waals surface area (Å²) in [6.45, 7) is 10.5. The van der Waals surface area contributed by atoms with E-state index in [4.69, 9.17) is 4.74 Å². The maximum Gasteiger partial charge on any atom is 0.165 e. The fraction of sp³-hybridized carbons (Fsp3) is 0.750. The van der Waals surface area contributed by atoms with E-state index in [9.17, 15) is 15.3 Å². The molecule has 5 nitrogen and oxygen atoms in total. The number of ether oxygens (including phenoxy) is 1. The Bertz CT molecular complexity index is 773. The second-order valence-corrected chi connectivity index (χ2v) is 10.4. The van der Waals surface area contributed by atoms with E-state index < -0.39 is 16.6 Å². The molecule has 1 spiro atoms. The molecule has 0 saturated carbocycles. The van der Waals surface area contributed by atoms with Crippen molar-refractivity contribution in [2.24, 2.45) is 5.92 Å². The molecule has 1 aliphatic carbocycles. The number of hydrogen-bond donors (Lipinski definition) is 3. The summed E-state index contributed by atoms with van der Waals surface area (Å²) in [5.74, 6) is 1.32. The molecule has 4 atom stereocenters. The standard InChI is InChI=1S/C24H37NO4/c1-5-6-16(2)14-25-12-11-23-15-29-21-18(26)8-7-17(20(21)23)13-19(25)24(23,28)10-9-22(3,4)27/h7-8,16,19,26-28H,5-6,9-15H2,1-4H3/t16?,19-,23?,24-/m1/s1. The van der Waals surface area contributed by atoms with E-state index in [0.717, 1.165) is 31.5 Å². The van der Waals surface area contributed by atoms with Gasteiger partial charge in [0.15, 0.2) is 11.5 Å². The van der Waals surface area contributed by atoms with Crippen molar-refractivity contribution in [2.45, 2.75) is 88.9 Å². The van der Waals surface area contributed by atoms with Gasteiger partial charge in [-0.05, 0) is 70.0 Å². The van der Waals surface area contributed by atoms with Gasteiger partial charge in [0.05, 0.1) is 16.6 Å². The van der Waals surface area contributed by atoms with Crippen LogP contribution in [0.3, 0.4) is 0 Å². The summed E-state index contributed by atoms with van der Waals surface area (Å²) in [6.07, 6.45) is 4.99. The maximum atomic E-state index is 12.3. The van der Waals surface area contributed by atoms with Gasteiger partial charge in [-0.2, -0.15) is 0 Å². The molecule has 1 aromatic rings. The molecule has 4 rings (SSSR count). The van der Waals surface area contributed by atoms with Gasteiger partial charge < -0.3 is 20.1 Å². The SMILES string of the molecule is CCCC(C)CN1CCC23COc4c(O)ccc(c42)C[C@@H]1[C@]3(O)CCC(C)(C)O. The number of likely N-dealkylation sites (tertiary alicyclic amines) is 1. The lowest BCUT2D eigenvalue weighted by atomic mass is 9.53. The summed E-state index contributed by atoms with van der Waals surface area (Å²) in [7, 11) is 0. The number of hydrogen-bond acceptors (Lipinski definition) is 5. The highest BCUT2D eigenvalue weighted by Gasteiger charge is 2.66. The molecule has 2 unspecified atom stereocenters. The summed E-state index contributed by atoms with van der Waals surface area (Å²) >= 11 is 0. The number of benzene rings is 1. The monoisotopic (exact) mass is 403 g/mol. The van der Waals surface area contributed by atoms with Crippen molar-refractivity contribution in [1.82, 2.24) is 4.90 Å². The molecule has 1 fully saturated rings. The molecule has 5 heteroatoms. The van der Waals surface area contributed by atoms with Gasteiger partial charge in [-0.3, -0.25) is 4.90 Å². The lowest BCUT2D eigenvalue weighted by molar-refractivity contribution is -0.161. The predicted octanol–water partition coefficient (Wildman–Crippen LogP) is 3.37. The highest BCUT2D eigenvalue weighted by Crippen LogP contribution is 2.60. The lowest BCUT2D eigenvalue weighted by Crippen LogP contribution is -2.72. The Hall–Kier alpha value is -1.30. The van der Waals surface area contributed by atoms with Crippen LogP contribution in [-0.2, 0) is 11.8 Å². The topological polar surface area (TPSA) is 73.2 Å². The summed E-state index contributed by atoms with van der Waals surface area (Å²) in [5, 5.41) is 33.1. The van der Waals surface area contributed by atoms with E-state index in [1.807, 2.05) is 19.9 Å². The predicted molar refractivity (Wildman–Crippen MR) is 114 cm³/mol. The second-order valence-electron chi connectivity index (χ2n) is 10.4. The zero-order valence-electron chi connectivity index (χ0n) is 18.4. The molecule has 0 radical (unpaired) electrons. The molecule has 2 heterocycles. The zero-order valence-corrected chi connectivity index (χ0v) is 18.4. The van der Waals surface area contributed by atoms with Crippen molar-refractivity contribution in [1.29, 1.82) is 0 Å². The van der Waals surface area contributed by atoms with E-state index >= 15 is 0 Å². The van der Waals surface area contributed by atoms with Crippen LogP contribution in [0.2, 0.25) is 0 Å². The molecule has 162 valence electrons. The first-order valence-corrected chi connectivity index (χ1v) is 11.3. The molecular formula is C24H37NO4. The molecular weight excluding hydrogens is 366 g/mol. The van der Waals surface area contributed by atoms with E-state index in [1.54, 1.807) is 6.07 Å². The maximum absolute atomic E-state index is 12.3. The van der Waals surface area contributed by atoms with Crippen LogP contribution in [0.4, 0.5) is 0 Å². The second kappa shape index (κ2) is 7.14. The third-order valence-electron chi connectivity index (χ3n) is 7.67. The van der Waals surface area contributed by atoms with Gasteiger partial charge in [0.2, 0.25) is 0 Å². The van der Waals surface area contributed by atoms with Crippen LogP contribution in [0.1, 0.15) is 70.9 Å². The largest absolute Gasteiger partial charge is 0.504 e. The Morgan fingerprint density at radius 2 is 2.10 bits per heavy atom. The highest BCUT2D eigenvalue weighted by atomic mass is 16.5. The van der Waals surface area contributed by atoms with Gasteiger partial charge in [0, 0.05) is 18.2 Å². The molecule has 1 saturated heterocycles. The number of aromatic hydroxyl groups is 1. The van der Waals surface area contributed by atoms with Crippen molar-refractivity contribution >= 4 is 0 Å².